The van der Waals surface area contributed by atoms with Crippen molar-refractivity contribution in [3.05, 3.63) is 18.6 Å². The van der Waals surface area contributed by atoms with Crippen LogP contribution in [0, 0.1) is 0 Å². The van der Waals surface area contributed by atoms with E-state index in [1.54, 1.807) is 19.9 Å². The smallest absolute Gasteiger partial charge is 0.331 e. The molecule has 0 aromatic carbocycles. The molecule has 0 aliphatic heterocycles. The molecule has 0 aliphatic carbocycles. The van der Waals surface area contributed by atoms with Crippen LogP contribution >= 0.6 is 0 Å². The third-order valence-corrected chi connectivity index (χ3v) is 2.87. The molecule has 0 saturated heterocycles. The van der Waals surface area contributed by atoms with E-state index in [0.717, 1.165) is 0 Å². The Labute approximate surface area is 97.0 Å². The second-order valence-corrected chi connectivity index (χ2v) is 3.86. The van der Waals surface area contributed by atoms with Crippen molar-refractivity contribution in [2.45, 2.75) is 25.8 Å². The van der Waals surface area contributed by atoms with Gasteiger partial charge in [-0.25, -0.2) is 9.48 Å². The maximum Gasteiger partial charge on any atom is 0.331 e. The molecule has 90 valence electrons. The molecular formula is C10H12N4O3. The number of aliphatic carboxylic acids is 1. The van der Waals surface area contributed by atoms with Gasteiger partial charge in [-0.05, 0) is 29.8 Å². The first-order valence-electron chi connectivity index (χ1n) is 5.14. The second kappa shape index (κ2) is 4.00. The van der Waals surface area contributed by atoms with E-state index in [0.29, 0.717) is 17.8 Å². The number of tetrazole rings is 1. The Hall–Kier alpha value is -2.18. The Morgan fingerprint density at radius 1 is 1.65 bits per heavy atom. The molecular weight excluding hydrogens is 224 g/mol. The van der Waals surface area contributed by atoms with Gasteiger partial charge in [0.05, 0.1) is 11.8 Å². The van der Waals surface area contributed by atoms with E-state index in [4.69, 9.17) is 4.42 Å². The molecule has 0 aliphatic rings. The highest BCUT2D eigenvalue weighted by atomic mass is 16.4. The van der Waals surface area contributed by atoms with Crippen molar-refractivity contribution in [1.82, 2.24) is 20.2 Å². The van der Waals surface area contributed by atoms with Crippen LogP contribution in [0.5, 0.6) is 0 Å². The van der Waals surface area contributed by atoms with Gasteiger partial charge in [0.2, 0.25) is 0 Å². The number of carboxylic acid groups (broad SMARTS) is 1. The number of hydrogen-bond donors (Lipinski definition) is 1. The van der Waals surface area contributed by atoms with Gasteiger partial charge in [-0.15, -0.1) is 5.10 Å². The second-order valence-electron chi connectivity index (χ2n) is 3.86. The predicted molar refractivity (Wildman–Crippen MR) is 57.1 cm³/mol. The SMILES string of the molecule is CCC(C)(C(=O)O)n1nnnc1-c1ccoc1. The lowest BCUT2D eigenvalue weighted by molar-refractivity contribution is -0.147. The maximum atomic E-state index is 11.3. The number of aromatic nitrogens is 4. The molecule has 1 N–H and O–H groups in total. The van der Waals surface area contributed by atoms with Gasteiger partial charge in [-0.3, -0.25) is 0 Å². The standard InChI is InChI=1S/C10H12N4O3/c1-3-10(2,9(15)16)14-8(11-12-13-14)7-4-5-17-6-7/h4-6H,3H2,1-2H3,(H,15,16). The summed E-state index contributed by atoms with van der Waals surface area (Å²) >= 11 is 0. The van der Waals surface area contributed by atoms with E-state index in [-0.39, 0.29) is 0 Å². The van der Waals surface area contributed by atoms with Crippen molar-refractivity contribution in [3.8, 4) is 11.4 Å². The number of carboxylic acids is 1. The van der Waals surface area contributed by atoms with Crippen LogP contribution in [0.2, 0.25) is 0 Å². The molecule has 7 heteroatoms. The molecule has 2 rings (SSSR count). The molecule has 0 bridgehead atoms. The molecule has 0 amide bonds. The molecule has 17 heavy (non-hydrogen) atoms. The van der Waals surface area contributed by atoms with Gasteiger partial charge in [0, 0.05) is 0 Å². The van der Waals surface area contributed by atoms with Crippen LogP contribution in [0.1, 0.15) is 20.3 Å². The summed E-state index contributed by atoms with van der Waals surface area (Å²) in [7, 11) is 0. The molecule has 0 fully saturated rings. The number of carbonyl (C=O) groups is 1. The number of hydrogen-bond acceptors (Lipinski definition) is 5. The summed E-state index contributed by atoms with van der Waals surface area (Å²) in [6.45, 7) is 3.35. The maximum absolute atomic E-state index is 11.3. The van der Waals surface area contributed by atoms with Crippen molar-refractivity contribution in [3.63, 3.8) is 0 Å². The zero-order valence-corrected chi connectivity index (χ0v) is 9.49. The zero-order valence-electron chi connectivity index (χ0n) is 9.49. The highest BCUT2D eigenvalue weighted by molar-refractivity contribution is 5.77. The average Bonchev–Trinajstić information content (AvgIpc) is 2.97. The molecule has 7 nitrogen and oxygen atoms in total. The first-order chi connectivity index (χ1) is 8.09. The van der Waals surface area contributed by atoms with Gasteiger partial charge in [-0.1, -0.05) is 6.92 Å². The minimum absolute atomic E-state index is 0.373. The number of rotatable bonds is 4. The lowest BCUT2D eigenvalue weighted by atomic mass is 9.99. The first-order valence-corrected chi connectivity index (χ1v) is 5.14. The minimum Gasteiger partial charge on any atom is -0.479 e. The number of nitrogens with zero attached hydrogens (tertiary/aromatic N) is 4. The van der Waals surface area contributed by atoms with Crippen molar-refractivity contribution in [2.75, 3.05) is 0 Å². The summed E-state index contributed by atoms with van der Waals surface area (Å²) in [5.74, 6) is -0.595. The van der Waals surface area contributed by atoms with E-state index >= 15 is 0 Å². The summed E-state index contributed by atoms with van der Waals surface area (Å²) in [6.07, 6.45) is 3.33. The Morgan fingerprint density at radius 2 is 2.41 bits per heavy atom. The summed E-state index contributed by atoms with van der Waals surface area (Å²) in [6, 6.07) is 1.68. The third kappa shape index (κ3) is 1.69. The molecule has 0 radical (unpaired) electrons. The fourth-order valence-electron chi connectivity index (χ4n) is 1.48. The quantitative estimate of drug-likeness (QED) is 0.855. The van der Waals surface area contributed by atoms with E-state index in [1.165, 1.54) is 17.2 Å². The van der Waals surface area contributed by atoms with Crippen LogP contribution in [-0.2, 0) is 10.3 Å². The fourth-order valence-corrected chi connectivity index (χ4v) is 1.48. The lowest BCUT2D eigenvalue weighted by Crippen LogP contribution is -2.39. The lowest BCUT2D eigenvalue weighted by Gasteiger charge is -2.23. The van der Waals surface area contributed by atoms with Gasteiger partial charge in [-0.2, -0.15) is 0 Å². The third-order valence-electron chi connectivity index (χ3n) is 2.87. The normalized spacial score (nSPS) is 14.5. The molecule has 1 atom stereocenters. The zero-order chi connectivity index (χ0) is 12.5. The molecule has 2 aromatic heterocycles. The monoisotopic (exact) mass is 236 g/mol. The van der Waals surface area contributed by atoms with Gasteiger partial charge in [0.25, 0.3) is 0 Å². The van der Waals surface area contributed by atoms with Crippen molar-refractivity contribution in [1.29, 1.82) is 0 Å². The van der Waals surface area contributed by atoms with Gasteiger partial charge >= 0.3 is 5.97 Å². The summed E-state index contributed by atoms with van der Waals surface area (Å²) in [4.78, 5) is 11.3. The topological polar surface area (TPSA) is 94.0 Å². The van der Waals surface area contributed by atoms with Crippen LogP contribution in [0.3, 0.4) is 0 Å². The van der Waals surface area contributed by atoms with Crippen LogP contribution in [0.15, 0.2) is 23.0 Å². The Kier molecular flexibility index (Phi) is 2.66. The van der Waals surface area contributed by atoms with Crippen LogP contribution in [-0.4, -0.2) is 31.3 Å². The predicted octanol–water partition coefficient (Wildman–Crippen LogP) is 1.14. The fraction of sp³-hybridized carbons (Fsp3) is 0.400. The van der Waals surface area contributed by atoms with Crippen molar-refractivity contribution >= 4 is 5.97 Å². The van der Waals surface area contributed by atoms with Crippen LogP contribution < -0.4 is 0 Å². The van der Waals surface area contributed by atoms with Crippen LogP contribution in [0.25, 0.3) is 11.4 Å². The van der Waals surface area contributed by atoms with E-state index in [9.17, 15) is 9.90 Å². The van der Waals surface area contributed by atoms with E-state index in [2.05, 4.69) is 15.5 Å². The van der Waals surface area contributed by atoms with Gasteiger partial charge < -0.3 is 9.52 Å². The Morgan fingerprint density at radius 3 is 2.94 bits per heavy atom. The first kappa shape index (κ1) is 11.3. The largest absolute Gasteiger partial charge is 0.479 e. The molecule has 0 spiro atoms. The van der Waals surface area contributed by atoms with Crippen LogP contribution in [0.4, 0.5) is 0 Å². The van der Waals surface area contributed by atoms with E-state index < -0.39 is 11.5 Å². The minimum atomic E-state index is -1.17. The molecule has 1 unspecified atom stereocenters. The molecule has 0 saturated carbocycles. The van der Waals surface area contributed by atoms with Gasteiger partial charge in [0.1, 0.15) is 6.26 Å². The molecule has 2 heterocycles. The van der Waals surface area contributed by atoms with Gasteiger partial charge in [0.15, 0.2) is 11.4 Å². The summed E-state index contributed by atoms with van der Waals surface area (Å²) in [5, 5.41) is 20.4. The average molecular weight is 236 g/mol. The summed E-state index contributed by atoms with van der Waals surface area (Å²) in [5.41, 5.74) is -0.522. The number of furan rings is 1. The summed E-state index contributed by atoms with van der Waals surface area (Å²) < 4.78 is 6.25. The van der Waals surface area contributed by atoms with Crippen molar-refractivity contribution in [2.24, 2.45) is 0 Å². The Bertz CT molecular complexity index is 519. The highest BCUT2D eigenvalue weighted by Crippen LogP contribution is 2.26. The Balaban J connectivity index is 2.54. The van der Waals surface area contributed by atoms with E-state index in [1.807, 2.05) is 0 Å². The molecule has 2 aromatic rings. The van der Waals surface area contributed by atoms with Crippen molar-refractivity contribution < 1.29 is 14.3 Å². The highest BCUT2D eigenvalue weighted by Gasteiger charge is 2.37.